The van der Waals surface area contributed by atoms with Crippen molar-refractivity contribution in [1.82, 2.24) is 19.4 Å². The molecule has 1 saturated heterocycles. The summed E-state index contributed by atoms with van der Waals surface area (Å²) < 4.78 is 17.8. The van der Waals surface area contributed by atoms with E-state index in [-0.39, 0.29) is 23.6 Å². The van der Waals surface area contributed by atoms with Crippen molar-refractivity contribution in [2.45, 2.75) is 25.9 Å². The summed E-state index contributed by atoms with van der Waals surface area (Å²) in [4.78, 5) is 35.2. The molecular formula is C26H32N4O5. The standard InChI is InChI=1S/C26H32N4O5/c1-16-15-29(17(2)24-27-20-10-8-7-9-19(20)26(32)28(24)3)11-12-30(16)25(31)18-13-21(33-4)23(35-6)22(14-18)34-5/h7-10,13-14,16-17H,11-12,15H2,1-6H3. The maximum absolute atomic E-state index is 13.4. The van der Waals surface area contributed by atoms with E-state index in [0.717, 1.165) is 0 Å². The number of nitrogens with zero attached hydrogens (tertiary/aromatic N) is 4. The highest BCUT2D eigenvalue weighted by atomic mass is 16.5. The van der Waals surface area contributed by atoms with Gasteiger partial charge >= 0.3 is 0 Å². The van der Waals surface area contributed by atoms with E-state index in [2.05, 4.69) is 11.8 Å². The van der Waals surface area contributed by atoms with Crippen LogP contribution in [0.4, 0.5) is 0 Å². The molecule has 186 valence electrons. The van der Waals surface area contributed by atoms with E-state index in [1.54, 1.807) is 29.8 Å². The average molecular weight is 481 g/mol. The minimum Gasteiger partial charge on any atom is -0.493 e. The normalized spacial score (nSPS) is 17.3. The lowest BCUT2D eigenvalue weighted by Crippen LogP contribution is -2.54. The molecule has 1 fully saturated rings. The van der Waals surface area contributed by atoms with Gasteiger partial charge in [0.15, 0.2) is 11.5 Å². The van der Waals surface area contributed by atoms with Gasteiger partial charge in [-0.05, 0) is 38.1 Å². The van der Waals surface area contributed by atoms with E-state index in [1.807, 2.05) is 30.0 Å². The number of amides is 1. The quantitative estimate of drug-likeness (QED) is 0.536. The topological polar surface area (TPSA) is 86.1 Å². The largest absolute Gasteiger partial charge is 0.493 e. The molecule has 35 heavy (non-hydrogen) atoms. The Hall–Kier alpha value is -3.59. The fraction of sp³-hybridized carbons (Fsp3) is 0.423. The molecule has 1 aliphatic heterocycles. The Morgan fingerprint density at radius 3 is 2.31 bits per heavy atom. The van der Waals surface area contributed by atoms with Gasteiger partial charge in [-0.2, -0.15) is 0 Å². The molecule has 1 aromatic heterocycles. The Labute approximate surface area is 204 Å². The zero-order chi connectivity index (χ0) is 25.3. The van der Waals surface area contributed by atoms with Gasteiger partial charge in [-0.15, -0.1) is 0 Å². The Morgan fingerprint density at radius 1 is 1.06 bits per heavy atom. The average Bonchev–Trinajstić information content (AvgIpc) is 2.88. The molecule has 9 nitrogen and oxygen atoms in total. The maximum Gasteiger partial charge on any atom is 0.261 e. The molecular weight excluding hydrogens is 448 g/mol. The van der Waals surface area contributed by atoms with E-state index in [4.69, 9.17) is 19.2 Å². The maximum atomic E-state index is 13.4. The lowest BCUT2D eigenvalue weighted by atomic mass is 10.1. The van der Waals surface area contributed by atoms with Crippen LogP contribution in [0.1, 0.15) is 36.1 Å². The Morgan fingerprint density at radius 2 is 1.71 bits per heavy atom. The Kier molecular flexibility index (Phi) is 6.98. The molecule has 3 aromatic rings. The second-order valence-corrected chi connectivity index (χ2v) is 8.78. The van der Waals surface area contributed by atoms with E-state index >= 15 is 0 Å². The summed E-state index contributed by atoms with van der Waals surface area (Å²) >= 11 is 0. The smallest absolute Gasteiger partial charge is 0.261 e. The minimum absolute atomic E-state index is 0.0460. The fourth-order valence-corrected chi connectivity index (χ4v) is 4.78. The highest BCUT2D eigenvalue weighted by molar-refractivity contribution is 5.96. The number of methoxy groups -OCH3 is 3. The van der Waals surface area contributed by atoms with Gasteiger partial charge in [-0.3, -0.25) is 19.1 Å². The molecule has 0 bridgehead atoms. The van der Waals surface area contributed by atoms with Crippen LogP contribution in [0.5, 0.6) is 17.2 Å². The van der Waals surface area contributed by atoms with Gasteiger partial charge in [0.1, 0.15) is 5.82 Å². The highest BCUT2D eigenvalue weighted by Crippen LogP contribution is 2.38. The van der Waals surface area contributed by atoms with Crippen molar-refractivity contribution in [1.29, 1.82) is 0 Å². The highest BCUT2D eigenvalue weighted by Gasteiger charge is 2.32. The first-order chi connectivity index (χ1) is 16.8. The van der Waals surface area contributed by atoms with Gasteiger partial charge in [-0.1, -0.05) is 12.1 Å². The molecule has 2 atom stereocenters. The van der Waals surface area contributed by atoms with Crippen molar-refractivity contribution in [2.75, 3.05) is 41.0 Å². The van der Waals surface area contributed by atoms with Crippen LogP contribution in [-0.4, -0.2) is 72.3 Å². The summed E-state index contributed by atoms with van der Waals surface area (Å²) in [6.07, 6.45) is 0. The van der Waals surface area contributed by atoms with E-state index in [1.165, 1.54) is 21.3 Å². The van der Waals surface area contributed by atoms with E-state index < -0.39 is 0 Å². The number of hydrogen-bond acceptors (Lipinski definition) is 7. The number of aromatic nitrogens is 2. The van der Waals surface area contributed by atoms with Gasteiger partial charge in [0.2, 0.25) is 5.75 Å². The first-order valence-corrected chi connectivity index (χ1v) is 11.6. The molecule has 0 N–H and O–H groups in total. The van der Waals surface area contributed by atoms with Gasteiger partial charge < -0.3 is 19.1 Å². The molecule has 0 radical (unpaired) electrons. The summed E-state index contributed by atoms with van der Waals surface area (Å²) in [6, 6.07) is 10.6. The lowest BCUT2D eigenvalue weighted by Gasteiger charge is -2.42. The van der Waals surface area contributed by atoms with Crippen molar-refractivity contribution in [3.05, 3.63) is 58.1 Å². The van der Waals surface area contributed by atoms with Crippen LogP contribution in [0.15, 0.2) is 41.2 Å². The van der Waals surface area contributed by atoms with Crippen molar-refractivity contribution in [2.24, 2.45) is 7.05 Å². The molecule has 4 rings (SSSR count). The van der Waals surface area contributed by atoms with Crippen molar-refractivity contribution in [3.63, 3.8) is 0 Å². The molecule has 9 heteroatoms. The van der Waals surface area contributed by atoms with Gasteiger partial charge in [0.05, 0.1) is 38.3 Å². The molecule has 1 aliphatic rings. The first-order valence-electron chi connectivity index (χ1n) is 11.6. The third-order valence-corrected chi connectivity index (χ3v) is 6.77. The molecule has 1 amide bonds. The number of fused-ring (bicyclic) bond motifs is 1. The van der Waals surface area contributed by atoms with E-state index in [9.17, 15) is 9.59 Å². The zero-order valence-electron chi connectivity index (χ0n) is 21.1. The number of ether oxygens (including phenoxy) is 3. The van der Waals surface area contributed by atoms with Crippen molar-refractivity contribution in [3.8, 4) is 17.2 Å². The second-order valence-electron chi connectivity index (χ2n) is 8.78. The predicted molar refractivity (Wildman–Crippen MR) is 134 cm³/mol. The monoisotopic (exact) mass is 480 g/mol. The summed E-state index contributed by atoms with van der Waals surface area (Å²) in [6.45, 7) is 5.94. The zero-order valence-corrected chi connectivity index (χ0v) is 21.1. The van der Waals surface area contributed by atoms with Crippen molar-refractivity contribution < 1.29 is 19.0 Å². The number of benzene rings is 2. The van der Waals surface area contributed by atoms with Crippen LogP contribution in [0, 0.1) is 0 Å². The van der Waals surface area contributed by atoms with Gasteiger partial charge in [0.25, 0.3) is 11.5 Å². The molecule has 2 aromatic carbocycles. The Balaban J connectivity index is 1.55. The molecule has 2 unspecified atom stereocenters. The van der Waals surface area contributed by atoms with Crippen LogP contribution in [0.2, 0.25) is 0 Å². The number of rotatable bonds is 6. The summed E-state index contributed by atoms with van der Waals surface area (Å²) in [5, 5.41) is 0.611. The van der Waals surface area contributed by atoms with Crippen LogP contribution < -0.4 is 19.8 Å². The molecule has 0 saturated carbocycles. The van der Waals surface area contributed by atoms with Crippen LogP contribution in [0.3, 0.4) is 0 Å². The molecule has 0 aliphatic carbocycles. The Bertz CT molecular complexity index is 1280. The third-order valence-electron chi connectivity index (χ3n) is 6.77. The van der Waals surface area contributed by atoms with Gasteiger partial charge in [0, 0.05) is 38.3 Å². The van der Waals surface area contributed by atoms with E-state index in [0.29, 0.717) is 59.2 Å². The number of carbonyl (C=O) groups is 1. The third kappa shape index (κ3) is 4.43. The number of para-hydroxylation sites is 1. The summed E-state index contributed by atoms with van der Waals surface area (Å²) in [5.74, 6) is 1.95. The second kappa shape index (κ2) is 9.95. The van der Waals surface area contributed by atoms with Crippen LogP contribution in [0.25, 0.3) is 10.9 Å². The predicted octanol–water partition coefficient (Wildman–Crippen LogP) is 2.87. The number of carbonyl (C=O) groups excluding carboxylic acids is 1. The molecule has 0 spiro atoms. The SMILES string of the molecule is COc1cc(C(=O)N2CCN(C(C)c3nc4ccccc4c(=O)n3C)CC2C)cc(OC)c1OC. The summed E-state index contributed by atoms with van der Waals surface area (Å²) in [7, 11) is 6.36. The van der Waals surface area contributed by atoms with Crippen LogP contribution in [-0.2, 0) is 7.05 Å². The van der Waals surface area contributed by atoms with Crippen LogP contribution >= 0.6 is 0 Å². The lowest BCUT2D eigenvalue weighted by molar-refractivity contribution is 0.0391. The number of hydrogen-bond donors (Lipinski definition) is 0. The van der Waals surface area contributed by atoms with Gasteiger partial charge in [-0.25, -0.2) is 4.98 Å². The minimum atomic E-state index is -0.0970. The molecule has 2 heterocycles. The first kappa shape index (κ1) is 24.5. The number of piperazine rings is 1. The summed E-state index contributed by atoms with van der Waals surface area (Å²) in [5.41, 5.74) is 1.12. The van der Waals surface area contributed by atoms with Crippen molar-refractivity contribution >= 4 is 16.8 Å². The fourth-order valence-electron chi connectivity index (χ4n) is 4.78.